The van der Waals surface area contributed by atoms with Gasteiger partial charge >= 0.3 is 5.97 Å². The van der Waals surface area contributed by atoms with Gasteiger partial charge in [-0.3, -0.25) is 4.79 Å². The van der Waals surface area contributed by atoms with E-state index in [4.69, 9.17) is 0 Å². The molecule has 72 valence electrons. The average molecular weight is 238 g/mol. The molecule has 0 aromatic heterocycles. The van der Waals surface area contributed by atoms with E-state index in [0.717, 1.165) is 24.7 Å². The van der Waals surface area contributed by atoms with E-state index in [1.807, 2.05) is 6.92 Å². The lowest BCUT2D eigenvalue weighted by atomic mass is 10.2. The molecule has 0 aliphatic heterocycles. The number of halogens is 1. The molecule has 0 heterocycles. The molecule has 1 N–H and O–H groups in total. The van der Waals surface area contributed by atoms with E-state index in [-0.39, 0.29) is 12.0 Å². The zero-order chi connectivity index (χ0) is 9.40. The summed E-state index contributed by atoms with van der Waals surface area (Å²) >= 11 is 3.32. The highest BCUT2D eigenvalue weighted by atomic mass is 79.9. The van der Waals surface area contributed by atoms with Crippen molar-refractivity contribution in [1.82, 2.24) is 5.32 Å². The van der Waals surface area contributed by atoms with Crippen LogP contribution in [0.1, 0.15) is 19.8 Å². The second kappa shape index (κ2) is 7.55. The predicted molar refractivity (Wildman–Crippen MR) is 52.5 cm³/mol. The minimum atomic E-state index is -0.169. The Hall–Kier alpha value is -0.0900. The Bertz CT molecular complexity index is 130. The van der Waals surface area contributed by atoms with Crippen LogP contribution in [0.3, 0.4) is 0 Å². The predicted octanol–water partition coefficient (Wildman–Crippen LogP) is 1.31. The summed E-state index contributed by atoms with van der Waals surface area (Å²) in [6.45, 7) is 2.77. The summed E-state index contributed by atoms with van der Waals surface area (Å²) in [5.74, 6) is -0.169. The first-order valence-electron chi connectivity index (χ1n) is 4.13. The van der Waals surface area contributed by atoms with Gasteiger partial charge < -0.3 is 10.1 Å². The van der Waals surface area contributed by atoms with E-state index >= 15 is 0 Å². The van der Waals surface area contributed by atoms with E-state index in [0.29, 0.717) is 0 Å². The third-order valence-electron chi connectivity index (χ3n) is 1.56. The van der Waals surface area contributed by atoms with Crippen LogP contribution in [0.5, 0.6) is 0 Å². The molecule has 3 nitrogen and oxygen atoms in total. The van der Waals surface area contributed by atoms with Gasteiger partial charge in [-0.25, -0.2) is 0 Å². The minimum absolute atomic E-state index is 0.141. The normalized spacial score (nSPS) is 12.6. The first kappa shape index (κ1) is 11.9. The Morgan fingerprint density at radius 3 is 2.75 bits per heavy atom. The molecule has 0 aliphatic carbocycles. The zero-order valence-corrected chi connectivity index (χ0v) is 9.19. The Labute approximate surface area is 82.0 Å². The van der Waals surface area contributed by atoms with Gasteiger partial charge in [0, 0.05) is 5.33 Å². The number of rotatable bonds is 6. The van der Waals surface area contributed by atoms with Crippen molar-refractivity contribution in [2.45, 2.75) is 25.8 Å². The van der Waals surface area contributed by atoms with Crippen LogP contribution in [0.15, 0.2) is 0 Å². The van der Waals surface area contributed by atoms with E-state index < -0.39 is 0 Å². The molecule has 12 heavy (non-hydrogen) atoms. The molecule has 0 saturated carbocycles. The van der Waals surface area contributed by atoms with Crippen LogP contribution in [-0.4, -0.2) is 31.0 Å². The summed E-state index contributed by atoms with van der Waals surface area (Å²) in [5, 5.41) is 4.00. The maximum atomic E-state index is 11.1. The van der Waals surface area contributed by atoms with E-state index in [1.165, 1.54) is 7.11 Å². The SMILES string of the molecule is CCNC(CCCBr)C(=O)OC. The van der Waals surface area contributed by atoms with Crippen molar-refractivity contribution in [2.24, 2.45) is 0 Å². The molecule has 0 fully saturated rings. The van der Waals surface area contributed by atoms with Crippen molar-refractivity contribution in [3.05, 3.63) is 0 Å². The molecule has 0 amide bonds. The van der Waals surface area contributed by atoms with Gasteiger partial charge in [-0.15, -0.1) is 0 Å². The number of methoxy groups -OCH3 is 1. The number of esters is 1. The molecule has 4 heteroatoms. The maximum Gasteiger partial charge on any atom is 0.322 e. The van der Waals surface area contributed by atoms with Crippen molar-refractivity contribution in [2.75, 3.05) is 19.0 Å². The number of nitrogens with one attached hydrogen (secondary N) is 1. The van der Waals surface area contributed by atoms with Crippen LogP contribution in [0.2, 0.25) is 0 Å². The van der Waals surface area contributed by atoms with Crippen molar-refractivity contribution in [3.8, 4) is 0 Å². The molecule has 0 radical (unpaired) electrons. The first-order chi connectivity index (χ1) is 5.76. The number of hydrogen-bond donors (Lipinski definition) is 1. The minimum Gasteiger partial charge on any atom is -0.468 e. The van der Waals surface area contributed by atoms with Gasteiger partial charge in [0.25, 0.3) is 0 Å². The Balaban J connectivity index is 3.76. The van der Waals surface area contributed by atoms with Crippen molar-refractivity contribution in [3.63, 3.8) is 0 Å². The van der Waals surface area contributed by atoms with Crippen LogP contribution < -0.4 is 5.32 Å². The molecular formula is C8H16BrNO2. The third kappa shape index (κ3) is 4.72. The van der Waals surface area contributed by atoms with Crippen LogP contribution in [0.25, 0.3) is 0 Å². The van der Waals surface area contributed by atoms with Gasteiger partial charge in [0.1, 0.15) is 6.04 Å². The molecule has 1 unspecified atom stereocenters. The van der Waals surface area contributed by atoms with E-state index in [2.05, 4.69) is 26.0 Å². The van der Waals surface area contributed by atoms with Gasteiger partial charge in [0.15, 0.2) is 0 Å². The first-order valence-corrected chi connectivity index (χ1v) is 5.25. The summed E-state index contributed by atoms with van der Waals surface area (Å²) in [6.07, 6.45) is 1.80. The van der Waals surface area contributed by atoms with Gasteiger partial charge in [0.2, 0.25) is 0 Å². The fraction of sp³-hybridized carbons (Fsp3) is 0.875. The lowest BCUT2D eigenvalue weighted by Crippen LogP contribution is -2.37. The molecule has 0 bridgehead atoms. The monoisotopic (exact) mass is 237 g/mol. The number of hydrogen-bond acceptors (Lipinski definition) is 3. The van der Waals surface area contributed by atoms with Gasteiger partial charge in [-0.2, -0.15) is 0 Å². The smallest absolute Gasteiger partial charge is 0.322 e. The fourth-order valence-corrected chi connectivity index (χ4v) is 1.30. The van der Waals surface area contributed by atoms with E-state index in [9.17, 15) is 4.79 Å². The zero-order valence-electron chi connectivity index (χ0n) is 7.60. The molecule has 0 aromatic carbocycles. The molecule has 0 aromatic rings. The van der Waals surface area contributed by atoms with Crippen molar-refractivity contribution in [1.29, 1.82) is 0 Å². The van der Waals surface area contributed by atoms with Crippen LogP contribution in [-0.2, 0) is 9.53 Å². The molecule has 0 spiro atoms. The summed E-state index contributed by atoms with van der Waals surface area (Å²) in [7, 11) is 1.42. The molecule has 1 atom stereocenters. The number of likely N-dealkylation sites (N-methyl/N-ethyl adjacent to an activating group) is 1. The summed E-state index contributed by atoms with van der Waals surface area (Å²) < 4.78 is 4.65. The largest absolute Gasteiger partial charge is 0.468 e. The van der Waals surface area contributed by atoms with Crippen LogP contribution in [0.4, 0.5) is 0 Å². The molecule has 0 saturated heterocycles. The standard InChI is InChI=1S/C8H16BrNO2/c1-3-10-7(5-4-6-9)8(11)12-2/h7,10H,3-6H2,1-2H3. The highest BCUT2D eigenvalue weighted by Crippen LogP contribution is 2.01. The third-order valence-corrected chi connectivity index (χ3v) is 2.12. The van der Waals surface area contributed by atoms with Crippen molar-refractivity contribution < 1.29 is 9.53 Å². The topological polar surface area (TPSA) is 38.3 Å². The maximum absolute atomic E-state index is 11.1. The Kier molecular flexibility index (Phi) is 7.50. The summed E-state index contributed by atoms with van der Waals surface area (Å²) in [5.41, 5.74) is 0. The second-order valence-corrected chi connectivity index (χ2v) is 3.26. The quantitative estimate of drug-likeness (QED) is 0.560. The number of alkyl halides is 1. The van der Waals surface area contributed by atoms with Crippen molar-refractivity contribution >= 4 is 21.9 Å². The lowest BCUT2D eigenvalue weighted by molar-refractivity contribution is -0.143. The van der Waals surface area contributed by atoms with Crippen LogP contribution in [0, 0.1) is 0 Å². The van der Waals surface area contributed by atoms with Gasteiger partial charge in [-0.1, -0.05) is 22.9 Å². The summed E-state index contributed by atoms with van der Waals surface area (Å²) in [6, 6.07) is -0.141. The Morgan fingerprint density at radius 2 is 2.33 bits per heavy atom. The lowest BCUT2D eigenvalue weighted by Gasteiger charge is -2.13. The molecule has 0 rings (SSSR count). The second-order valence-electron chi connectivity index (χ2n) is 2.46. The summed E-state index contributed by atoms with van der Waals surface area (Å²) in [4.78, 5) is 11.1. The van der Waals surface area contributed by atoms with Gasteiger partial charge in [0.05, 0.1) is 7.11 Å². The average Bonchev–Trinajstić information content (AvgIpc) is 2.11. The Morgan fingerprint density at radius 1 is 1.67 bits per heavy atom. The number of carbonyl (C=O) groups excluding carboxylic acids is 1. The fourth-order valence-electron chi connectivity index (χ4n) is 0.973. The molecule has 0 aliphatic rings. The number of ether oxygens (including phenoxy) is 1. The highest BCUT2D eigenvalue weighted by Gasteiger charge is 2.16. The van der Waals surface area contributed by atoms with Gasteiger partial charge in [-0.05, 0) is 19.4 Å². The molecular weight excluding hydrogens is 222 g/mol. The number of carbonyl (C=O) groups is 1. The highest BCUT2D eigenvalue weighted by molar-refractivity contribution is 9.09. The van der Waals surface area contributed by atoms with Crippen LogP contribution >= 0.6 is 15.9 Å². The van der Waals surface area contributed by atoms with E-state index in [1.54, 1.807) is 0 Å².